The molecule has 1 nitrogen and oxygen atoms in total. The molecule has 1 N–H and O–H groups in total. The van der Waals surface area contributed by atoms with E-state index in [1.54, 1.807) is 0 Å². The Morgan fingerprint density at radius 3 is 2.31 bits per heavy atom. The first kappa shape index (κ1) is 14.0. The third-order valence-corrected chi connectivity index (χ3v) is 3.50. The highest BCUT2D eigenvalue weighted by Gasteiger charge is 2.03. The van der Waals surface area contributed by atoms with E-state index in [9.17, 15) is 0 Å². The van der Waals surface area contributed by atoms with Gasteiger partial charge in [-0.25, -0.2) is 0 Å². The zero-order valence-electron chi connectivity index (χ0n) is 10.5. The van der Waals surface area contributed by atoms with Crippen LogP contribution in [0.4, 0.5) is 0 Å². The molecule has 0 aliphatic carbocycles. The molecule has 1 aromatic carbocycles. The molecule has 0 heterocycles. The third-order valence-electron chi connectivity index (χ3n) is 2.78. The number of hydrogen-bond donors (Lipinski definition) is 1. The molecule has 0 spiro atoms. The molecule has 0 fully saturated rings. The Hall–Kier alpha value is -0.0900. The number of nitrogens with one attached hydrogen (secondary N) is 1. The van der Waals surface area contributed by atoms with Crippen LogP contribution in [0.5, 0.6) is 0 Å². The number of hydrogen-bond acceptors (Lipinski definition) is 1. The predicted molar refractivity (Wildman–Crippen MR) is 79.6 cm³/mol. The Labute approximate surface area is 113 Å². The van der Waals surface area contributed by atoms with Crippen molar-refractivity contribution >= 4 is 22.6 Å². The monoisotopic (exact) mass is 331 g/mol. The number of benzene rings is 1. The quantitative estimate of drug-likeness (QED) is 0.603. The number of halogens is 1. The van der Waals surface area contributed by atoms with Gasteiger partial charge in [-0.3, -0.25) is 0 Å². The number of rotatable bonds is 6. The maximum absolute atomic E-state index is 3.57. The summed E-state index contributed by atoms with van der Waals surface area (Å²) in [5, 5.41) is 3.57. The third kappa shape index (κ3) is 5.30. The van der Waals surface area contributed by atoms with E-state index in [2.05, 4.69) is 72.9 Å². The first-order valence-electron chi connectivity index (χ1n) is 6.08. The van der Waals surface area contributed by atoms with Crippen molar-refractivity contribution in [3.63, 3.8) is 0 Å². The van der Waals surface area contributed by atoms with E-state index in [1.165, 1.54) is 22.0 Å². The molecule has 0 aliphatic rings. The van der Waals surface area contributed by atoms with Crippen LogP contribution in [0.15, 0.2) is 24.3 Å². The van der Waals surface area contributed by atoms with Gasteiger partial charge in [-0.2, -0.15) is 0 Å². The summed E-state index contributed by atoms with van der Waals surface area (Å²) in [6.07, 6.45) is 2.58. The summed E-state index contributed by atoms with van der Waals surface area (Å²) in [5.41, 5.74) is 1.38. The topological polar surface area (TPSA) is 12.0 Å². The minimum atomic E-state index is 0.462. The lowest BCUT2D eigenvalue weighted by Crippen LogP contribution is -2.20. The second-order valence-electron chi connectivity index (χ2n) is 4.76. The van der Waals surface area contributed by atoms with Gasteiger partial charge in [0.1, 0.15) is 0 Å². The highest BCUT2D eigenvalue weighted by atomic mass is 127. The van der Waals surface area contributed by atoms with Crippen LogP contribution in [0.25, 0.3) is 0 Å². The first-order chi connectivity index (χ1) is 7.59. The van der Waals surface area contributed by atoms with Crippen LogP contribution in [0.3, 0.4) is 0 Å². The average molecular weight is 331 g/mol. The van der Waals surface area contributed by atoms with Crippen LogP contribution in [0.2, 0.25) is 0 Å². The van der Waals surface area contributed by atoms with Gasteiger partial charge < -0.3 is 5.32 Å². The highest BCUT2D eigenvalue weighted by molar-refractivity contribution is 14.1. The Kier molecular flexibility index (Phi) is 6.36. The summed E-state index contributed by atoms with van der Waals surface area (Å²) in [6.45, 7) is 7.91. The minimum absolute atomic E-state index is 0.462. The Bertz CT molecular complexity index is 292. The van der Waals surface area contributed by atoms with E-state index in [4.69, 9.17) is 0 Å². The van der Waals surface area contributed by atoms with Crippen LogP contribution < -0.4 is 5.32 Å². The molecule has 0 saturated carbocycles. The summed E-state index contributed by atoms with van der Waals surface area (Å²) >= 11 is 2.34. The predicted octanol–water partition coefficient (Wildman–Crippen LogP) is 4.38. The fourth-order valence-electron chi connectivity index (χ4n) is 1.70. The molecule has 1 unspecified atom stereocenters. The van der Waals surface area contributed by atoms with Crippen LogP contribution in [-0.4, -0.2) is 6.54 Å². The molecule has 90 valence electrons. The van der Waals surface area contributed by atoms with Gasteiger partial charge in [-0.1, -0.05) is 26.0 Å². The molecular weight excluding hydrogens is 309 g/mol. The maximum Gasteiger partial charge on any atom is 0.0291 e. The molecule has 1 atom stereocenters. The SMILES string of the molecule is CC(C)CCCNC(C)c1ccc(I)cc1. The molecular formula is C14H22IN. The zero-order valence-corrected chi connectivity index (χ0v) is 12.6. The van der Waals surface area contributed by atoms with Crippen LogP contribution in [0.1, 0.15) is 45.2 Å². The van der Waals surface area contributed by atoms with E-state index in [0.29, 0.717) is 6.04 Å². The normalized spacial score (nSPS) is 13.1. The van der Waals surface area contributed by atoms with E-state index >= 15 is 0 Å². The standard InChI is InChI=1S/C14H22IN/c1-11(2)5-4-10-16-12(3)13-6-8-14(15)9-7-13/h6-9,11-12,16H,4-5,10H2,1-3H3. The van der Waals surface area contributed by atoms with Crippen molar-refractivity contribution in [3.05, 3.63) is 33.4 Å². The van der Waals surface area contributed by atoms with E-state index in [-0.39, 0.29) is 0 Å². The van der Waals surface area contributed by atoms with Gasteiger partial charge in [-0.05, 0) is 72.5 Å². The van der Waals surface area contributed by atoms with Gasteiger partial charge in [0.15, 0.2) is 0 Å². The average Bonchev–Trinajstić information content (AvgIpc) is 2.25. The lowest BCUT2D eigenvalue weighted by molar-refractivity contribution is 0.497. The molecule has 1 rings (SSSR count). The summed E-state index contributed by atoms with van der Waals surface area (Å²) in [4.78, 5) is 0. The van der Waals surface area contributed by atoms with Crippen LogP contribution >= 0.6 is 22.6 Å². The van der Waals surface area contributed by atoms with Crippen LogP contribution in [0, 0.1) is 9.49 Å². The van der Waals surface area contributed by atoms with Gasteiger partial charge in [0.05, 0.1) is 0 Å². The summed E-state index contributed by atoms with van der Waals surface area (Å²) < 4.78 is 1.30. The molecule has 0 aliphatic heterocycles. The van der Waals surface area contributed by atoms with E-state index in [0.717, 1.165) is 12.5 Å². The van der Waals surface area contributed by atoms with Crippen molar-refractivity contribution in [1.29, 1.82) is 0 Å². The van der Waals surface area contributed by atoms with Crippen LogP contribution in [-0.2, 0) is 0 Å². The second-order valence-corrected chi connectivity index (χ2v) is 6.01. The summed E-state index contributed by atoms with van der Waals surface area (Å²) in [6, 6.07) is 9.22. The lowest BCUT2D eigenvalue weighted by Gasteiger charge is -2.14. The van der Waals surface area contributed by atoms with Gasteiger partial charge in [0, 0.05) is 9.61 Å². The van der Waals surface area contributed by atoms with Crippen molar-refractivity contribution in [3.8, 4) is 0 Å². The molecule has 16 heavy (non-hydrogen) atoms. The zero-order chi connectivity index (χ0) is 12.0. The second kappa shape index (κ2) is 7.28. The highest BCUT2D eigenvalue weighted by Crippen LogP contribution is 2.14. The van der Waals surface area contributed by atoms with Gasteiger partial charge >= 0.3 is 0 Å². The first-order valence-corrected chi connectivity index (χ1v) is 7.16. The maximum atomic E-state index is 3.57. The van der Waals surface area contributed by atoms with Crippen molar-refractivity contribution in [2.75, 3.05) is 6.54 Å². The van der Waals surface area contributed by atoms with E-state index in [1.807, 2.05) is 0 Å². The lowest BCUT2D eigenvalue weighted by atomic mass is 10.1. The van der Waals surface area contributed by atoms with Crippen molar-refractivity contribution < 1.29 is 0 Å². The fraction of sp³-hybridized carbons (Fsp3) is 0.571. The Balaban J connectivity index is 2.29. The van der Waals surface area contributed by atoms with E-state index < -0.39 is 0 Å². The summed E-state index contributed by atoms with van der Waals surface area (Å²) in [7, 11) is 0. The molecule has 0 saturated heterocycles. The fourth-order valence-corrected chi connectivity index (χ4v) is 2.06. The van der Waals surface area contributed by atoms with Gasteiger partial charge in [0.2, 0.25) is 0 Å². The minimum Gasteiger partial charge on any atom is -0.310 e. The van der Waals surface area contributed by atoms with Crippen molar-refractivity contribution in [2.45, 2.75) is 39.7 Å². The molecule has 0 bridgehead atoms. The Morgan fingerprint density at radius 1 is 1.12 bits per heavy atom. The molecule has 0 aromatic heterocycles. The van der Waals surface area contributed by atoms with Gasteiger partial charge in [0.25, 0.3) is 0 Å². The molecule has 0 radical (unpaired) electrons. The van der Waals surface area contributed by atoms with Crippen molar-refractivity contribution in [1.82, 2.24) is 5.32 Å². The molecule has 0 amide bonds. The summed E-state index contributed by atoms with van der Waals surface area (Å²) in [5.74, 6) is 0.815. The van der Waals surface area contributed by atoms with Gasteiger partial charge in [-0.15, -0.1) is 0 Å². The van der Waals surface area contributed by atoms with Crippen molar-refractivity contribution in [2.24, 2.45) is 5.92 Å². The molecule has 2 heteroatoms. The smallest absolute Gasteiger partial charge is 0.0291 e. The molecule has 1 aromatic rings. The largest absolute Gasteiger partial charge is 0.310 e. The Morgan fingerprint density at radius 2 is 1.75 bits per heavy atom.